The molecule has 15 heavy (non-hydrogen) atoms. The van der Waals surface area contributed by atoms with Gasteiger partial charge in [0.05, 0.1) is 10.6 Å². The summed E-state index contributed by atoms with van der Waals surface area (Å²) < 4.78 is 0.960. The van der Waals surface area contributed by atoms with Gasteiger partial charge in [-0.2, -0.15) is 0 Å². The standard InChI is InChI=1S/C11H15BrN2O/c1-11(2)8(6-9(11)15)14-10-7(12)4-3-5-13-10/h3-5,8-9,15H,6H2,1-2H3,(H,13,14). The highest BCUT2D eigenvalue weighted by molar-refractivity contribution is 9.10. The van der Waals surface area contributed by atoms with Gasteiger partial charge in [0.2, 0.25) is 0 Å². The van der Waals surface area contributed by atoms with Crippen LogP contribution in [-0.2, 0) is 0 Å². The Hall–Kier alpha value is -0.610. The van der Waals surface area contributed by atoms with Crippen LogP contribution < -0.4 is 5.32 Å². The number of hydrogen-bond acceptors (Lipinski definition) is 3. The van der Waals surface area contributed by atoms with Crippen LogP contribution in [0.4, 0.5) is 5.82 Å². The normalized spacial score (nSPS) is 28.3. The number of hydrogen-bond donors (Lipinski definition) is 2. The summed E-state index contributed by atoms with van der Waals surface area (Å²) in [6, 6.07) is 4.13. The molecule has 0 aromatic carbocycles. The first-order valence-corrected chi connectivity index (χ1v) is 5.86. The minimum Gasteiger partial charge on any atom is -0.392 e. The number of nitrogens with zero attached hydrogens (tertiary/aromatic N) is 1. The Morgan fingerprint density at radius 2 is 2.33 bits per heavy atom. The number of aliphatic hydroxyl groups excluding tert-OH is 1. The smallest absolute Gasteiger partial charge is 0.140 e. The van der Waals surface area contributed by atoms with Crippen molar-refractivity contribution in [2.75, 3.05) is 5.32 Å². The molecule has 82 valence electrons. The van der Waals surface area contributed by atoms with Crippen LogP contribution in [0.3, 0.4) is 0 Å². The second-order valence-corrected chi connectivity index (χ2v) is 5.46. The van der Waals surface area contributed by atoms with Crippen molar-refractivity contribution in [1.29, 1.82) is 0 Å². The lowest BCUT2D eigenvalue weighted by molar-refractivity contribution is -0.0511. The fraction of sp³-hybridized carbons (Fsp3) is 0.545. The molecule has 2 rings (SSSR count). The highest BCUT2D eigenvalue weighted by Gasteiger charge is 2.47. The molecule has 1 aromatic rings. The maximum absolute atomic E-state index is 9.62. The molecule has 0 aliphatic heterocycles. The minimum atomic E-state index is -0.211. The van der Waals surface area contributed by atoms with E-state index >= 15 is 0 Å². The lowest BCUT2D eigenvalue weighted by atomic mass is 9.64. The molecule has 3 nitrogen and oxygen atoms in total. The number of aliphatic hydroxyl groups is 1. The molecule has 4 heteroatoms. The van der Waals surface area contributed by atoms with Gasteiger partial charge in [-0.05, 0) is 34.5 Å². The van der Waals surface area contributed by atoms with E-state index < -0.39 is 0 Å². The van der Waals surface area contributed by atoms with Crippen LogP contribution in [0.2, 0.25) is 0 Å². The predicted octanol–water partition coefficient (Wildman–Crippen LogP) is 2.42. The average molecular weight is 271 g/mol. The first kappa shape index (κ1) is 10.9. The zero-order chi connectivity index (χ0) is 11.1. The van der Waals surface area contributed by atoms with Crippen LogP contribution >= 0.6 is 15.9 Å². The van der Waals surface area contributed by atoms with Crippen molar-refractivity contribution in [1.82, 2.24) is 4.98 Å². The number of rotatable bonds is 2. The van der Waals surface area contributed by atoms with E-state index in [2.05, 4.69) is 40.1 Å². The third-order valence-corrected chi connectivity index (χ3v) is 3.93. The van der Waals surface area contributed by atoms with Crippen LogP contribution in [0.1, 0.15) is 20.3 Å². The summed E-state index contributed by atoms with van der Waals surface area (Å²) in [5, 5.41) is 13.0. The minimum absolute atomic E-state index is 0.0725. The van der Waals surface area contributed by atoms with Crippen LogP contribution in [0, 0.1) is 5.41 Å². The van der Waals surface area contributed by atoms with E-state index in [9.17, 15) is 5.11 Å². The van der Waals surface area contributed by atoms with E-state index in [0.29, 0.717) is 6.04 Å². The molecule has 0 bridgehead atoms. The van der Waals surface area contributed by atoms with Crippen molar-refractivity contribution in [3.05, 3.63) is 22.8 Å². The van der Waals surface area contributed by atoms with Crippen molar-refractivity contribution in [3.63, 3.8) is 0 Å². The molecule has 0 saturated heterocycles. The molecule has 2 unspecified atom stereocenters. The lowest BCUT2D eigenvalue weighted by Gasteiger charge is -2.49. The average Bonchev–Trinajstić information content (AvgIpc) is 2.20. The lowest BCUT2D eigenvalue weighted by Crippen LogP contribution is -2.57. The molecule has 1 aliphatic carbocycles. The fourth-order valence-electron chi connectivity index (χ4n) is 1.80. The number of halogens is 1. The number of pyridine rings is 1. The van der Waals surface area contributed by atoms with Crippen molar-refractivity contribution >= 4 is 21.7 Å². The van der Waals surface area contributed by atoms with Gasteiger partial charge >= 0.3 is 0 Å². The molecular formula is C11H15BrN2O. The zero-order valence-electron chi connectivity index (χ0n) is 8.87. The van der Waals surface area contributed by atoms with Gasteiger partial charge < -0.3 is 10.4 Å². The Morgan fingerprint density at radius 3 is 2.87 bits per heavy atom. The van der Waals surface area contributed by atoms with Crippen molar-refractivity contribution in [3.8, 4) is 0 Å². The van der Waals surface area contributed by atoms with Crippen LogP contribution in [0.5, 0.6) is 0 Å². The highest BCUT2D eigenvalue weighted by Crippen LogP contribution is 2.42. The number of aromatic nitrogens is 1. The van der Waals surface area contributed by atoms with E-state index in [0.717, 1.165) is 16.7 Å². The van der Waals surface area contributed by atoms with Crippen LogP contribution in [0.25, 0.3) is 0 Å². The Morgan fingerprint density at radius 1 is 1.60 bits per heavy atom. The summed E-state index contributed by atoms with van der Waals surface area (Å²) >= 11 is 3.44. The van der Waals surface area contributed by atoms with E-state index in [4.69, 9.17) is 0 Å². The fourth-order valence-corrected chi connectivity index (χ4v) is 2.17. The maximum Gasteiger partial charge on any atom is 0.140 e. The largest absolute Gasteiger partial charge is 0.392 e. The summed E-state index contributed by atoms with van der Waals surface area (Å²) in [6.45, 7) is 4.13. The molecule has 1 saturated carbocycles. The topological polar surface area (TPSA) is 45.1 Å². The van der Waals surface area contributed by atoms with Gasteiger partial charge in [-0.25, -0.2) is 4.98 Å². The molecule has 0 amide bonds. The molecule has 1 heterocycles. The second kappa shape index (κ2) is 3.76. The van der Waals surface area contributed by atoms with Crippen molar-refractivity contribution < 1.29 is 5.11 Å². The molecule has 2 N–H and O–H groups in total. The van der Waals surface area contributed by atoms with Crippen LogP contribution in [0.15, 0.2) is 22.8 Å². The van der Waals surface area contributed by atoms with Gasteiger partial charge in [0.15, 0.2) is 0 Å². The van der Waals surface area contributed by atoms with E-state index in [1.807, 2.05) is 12.1 Å². The third kappa shape index (κ3) is 1.88. The Labute approximate surface area is 98.0 Å². The summed E-state index contributed by atoms with van der Waals surface area (Å²) in [4.78, 5) is 4.25. The molecular weight excluding hydrogens is 256 g/mol. The number of nitrogens with one attached hydrogen (secondary N) is 1. The summed E-state index contributed by atoms with van der Waals surface area (Å²) in [5.74, 6) is 0.850. The molecule has 2 atom stereocenters. The van der Waals surface area contributed by atoms with Crippen LogP contribution in [-0.4, -0.2) is 22.2 Å². The second-order valence-electron chi connectivity index (χ2n) is 4.60. The summed E-state index contributed by atoms with van der Waals surface area (Å²) in [6.07, 6.45) is 2.34. The van der Waals surface area contributed by atoms with Gasteiger partial charge in [0.25, 0.3) is 0 Å². The van der Waals surface area contributed by atoms with E-state index in [1.54, 1.807) is 6.20 Å². The van der Waals surface area contributed by atoms with Gasteiger partial charge in [0.1, 0.15) is 5.82 Å². The third-order valence-electron chi connectivity index (χ3n) is 3.29. The Balaban J connectivity index is 2.08. The monoisotopic (exact) mass is 270 g/mol. The van der Waals surface area contributed by atoms with Gasteiger partial charge in [0, 0.05) is 17.7 Å². The molecule has 1 aliphatic rings. The van der Waals surface area contributed by atoms with Gasteiger partial charge in [-0.3, -0.25) is 0 Å². The Bertz CT molecular complexity index is 367. The summed E-state index contributed by atoms with van der Waals surface area (Å²) in [7, 11) is 0. The predicted molar refractivity (Wildman–Crippen MR) is 63.8 cm³/mol. The highest BCUT2D eigenvalue weighted by atomic mass is 79.9. The summed E-state index contributed by atoms with van der Waals surface area (Å²) in [5.41, 5.74) is -0.0725. The SMILES string of the molecule is CC1(C)C(O)CC1Nc1ncccc1Br. The zero-order valence-corrected chi connectivity index (χ0v) is 10.5. The number of anilines is 1. The van der Waals surface area contributed by atoms with E-state index in [1.165, 1.54) is 0 Å². The molecule has 0 spiro atoms. The molecule has 1 fully saturated rings. The van der Waals surface area contributed by atoms with Gasteiger partial charge in [-0.1, -0.05) is 13.8 Å². The maximum atomic E-state index is 9.62. The molecule has 0 radical (unpaired) electrons. The first-order chi connectivity index (χ1) is 7.01. The van der Waals surface area contributed by atoms with E-state index in [-0.39, 0.29) is 11.5 Å². The molecule has 1 aromatic heterocycles. The van der Waals surface area contributed by atoms with Crippen molar-refractivity contribution in [2.24, 2.45) is 5.41 Å². The Kier molecular flexibility index (Phi) is 2.73. The first-order valence-electron chi connectivity index (χ1n) is 5.07. The van der Waals surface area contributed by atoms with Gasteiger partial charge in [-0.15, -0.1) is 0 Å². The quantitative estimate of drug-likeness (QED) is 0.868. The van der Waals surface area contributed by atoms with Crippen molar-refractivity contribution in [2.45, 2.75) is 32.4 Å².